The summed E-state index contributed by atoms with van der Waals surface area (Å²) in [6.45, 7) is 4.49. The lowest BCUT2D eigenvalue weighted by molar-refractivity contribution is -0.0231. The van der Waals surface area contributed by atoms with Crippen LogP contribution in [-0.4, -0.2) is 38.0 Å². The van der Waals surface area contributed by atoms with E-state index in [9.17, 15) is 8.42 Å². The Hall–Kier alpha value is -0.620. The maximum Gasteiger partial charge on any atom is 0.244 e. The van der Waals surface area contributed by atoms with E-state index in [0.717, 1.165) is 0 Å². The third-order valence-electron chi connectivity index (χ3n) is 3.25. The fourth-order valence-electron chi connectivity index (χ4n) is 2.02. The van der Waals surface area contributed by atoms with Crippen molar-refractivity contribution in [2.24, 2.45) is 0 Å². The molecular formula is C12H16ClNO3S. The summed E-state index contributed by atoms with van der Waals surface area (Å²) in [6, 6.07) is 6.31. The minimum Gasteiger partial charge on any atom is -0.375 e. The van der Waals surface area contributed by atoms with Crippen molar-refractivity contribution in [1.29, 1.82) is 0 Å². The highest BCUT2D eigenvalue weighted by atomic mass is 35.5. The summed E-state index contributed by atoms with van der Waals surface area (Å²) >= 11 is 5.98. The van der Waals surface area contributed by atoms with Crippen molar-refractivity contribution in [2.45, 2.75) is 30.9 Å². The van der Waals surface area contributed by atoms with Gasteiger partial charge in [0, 0.05) is 12.6 Å². The zero-order chi connectivity index (χ0) is 13.3. The summed E-state index contributed by atoms with van der Waals surface area (Å²) in [5.41, 5.74) is 0. The summed E-state index contributed by atoms with van der Waals surface area (Å²) in [5, 5.41) is 0.254. The maximum absolute atomic E-state index is 12.5. The minimum atomic E-state index is -3.55. The van der Waals surface area contributed by atoms with Gasteiger partial charge in [-0.15, -0.1) is 0 Å². The molecule has 1 fully saturated rings. The van der Waals surface area contributed by atoms with E-state index < -0.39 is 10.0 Å². The second-order valence-electron chi connectivity index (χ2n) is 4.36. The third kappa shape index (κ3) is 2.40. The van der Waals surface area contributed by atoms with Crippen LogP contribution in [0.15, 0.2) is 29.2 Å². The smallest absolute Gasteiger partial charge is 0.244 e. The van der Waals surface area contributed by atoms with Gasteiger partial charge in [-0.05, 0) is 26.0 Å². The number of nitrogens with zero attached hydrogens (tertiary/aromatic N) is 1. The molecule has 2 rings (SSSR count). The summed E-state index contributed by atoms with van der Waals surface area (Å²) in [5.74, 6) is 0. The number of hydrogen-bond acceptors (Lipinski definition) is 3. The average molecular weight is 290 g/mol. The molecule has 1 aromatic carbocycles. The van der Waals surface area contributed by atoms with Gasteiger partial charge in [-0.2, -0.15) is 4.31 Å². The van der Waals surface area contributed by atoms with Gasteiger partial charge in [-0.3, -0.25) is 0 Å². The number of hydrogen-bond donors (Lipinski definition) is 0. The molecule has 0 aromatic heterocycles. The molecule has 1 saturated heterocycles. The molecule has 2 unspecified atom stereocenters. The first-order chi connectivity index (χ1) is 8.44. The van der Waals surface area contributed by atoms with Gasteiger partial charge >= 0.3 is 0 Å². The molecule has 18 heavy (non-hydrogen) atoms. The highest BCUT2D eigenvalue weighted by Crippen LogP contribution is 2.27. The Morgan fingerprint density at radius 3 is 2.67 bits per heavy atom. The van der Waals surface area contributed by atoms with E-state index >= 15 is 0 Å². The Morgan fingerprint density at radius 2 is 2.00 bits per heavy atom. The van der Waals surface area contributed by atoms with Crippen LogP contribution in [-0.2, 0) is 14.8 Å². The van der Waals surface area contributed by atoms with Crippen molar-refractivity contribution in [1.82, 2.24) is 4.31 Å². The van der Waals surface area contributed by atoms with Crippen LogP contribution in [0, 0.1) is 0 Å². The first-order valence-electron chi connectivity index (χ1n) is 5.82. The number of rotatable bonds is 2. The SMILES string of the molecule is CC1OCCN(S(=O)(=O)c2ccccc2Cl)C1C. The number of halogens is 1. The van der Waals surface area contributed by atoms with Crippen molar-refractivity contribution in [2.75, 3.05) is 13.2 Å². The van der Waals surface area contributed by atoms with Gasteiger partial charge in [0.25, 0.3) is 0 Å². The summed E-state index contributed by atoms with van der Waals surface area (Å²) in [6.07, 6.45) is -0.115. The Bertz CT molecular complexity index is 532. The van der Waals surface area contributed by atoms with Gasteiger partial charge in [-0.25, -0.2) is 8.42 Å². The summed E-state index contributed by atoms with van der Waals surface area (Å²) < 4.78 is 32.0. The van der Waals surface area contributed by atoms with E-state index in [1.807, 2.05) is 13.8 Å². The molecule has 1 aliphatic rings. The quantitative estimate of drug-likeness (QED) is 0.838. The predicted molar refractivity (Wildman–Crippen MR) is 70.2 cm³/mol. The van der Waals surface area contributed by atoms with Crippen LogP contribution < -0.4 is 0 Å². The standard InChI is InChI=1S/C12H16ClNO3S/c1-9-10(2)17-8-7-14(9)18(15,16)12-6-4-3-5-11(12)13/h3-6,9-10H,7-8H2,1-2H3. The lowest BCUT2D eigenvalue weighted by atomic mass is 10.2. The summed E-state index contributed by atoms with van der Waals surface area (Å²) in [7, 11) is -3.55. The highest BCUT2D eigenvalue weighted by Gasteiger charge is 2.35. The molecule has 0 amide bonds. The molecule has 0 N–H and O–H groups in total. The van der Waals surface area contributed by atoms with E-state index in [1.165, 1.54) is 10.4 Å². The molecule has 1 aliphatic heterocycles. The van der Waals surface area contributed by atoms with Crippen LogP contribution in [0.5, 0.6) is 0 Å². The first-order valence-corrected chi connectivity index (χ1v) is 7.64. The maximum atomic E-state index is 12.5. The minimum absolute atomic E-state index is 0.115. The van der Waals surface area contributed by atoms with Gasteiger partial charge in [-0.1, -0.05) is 23.7 Å². The molecule has 0 saturated carbocycles. The number of morpholine rings is 1. The van der Waals surface area contributed by atoms with Gasteiger partial charge in [0.1, 0.15) is 4.90 Å². The van der Waals surface area contributed by atoms with Crippen molar-refractivity contribution in [3.8, 4) is 0 Å². The van der Waals surface area contributed by atoms with Gasteiger partial charge in [0.05, 0.1) is 17.7 Å². The predicted octanol–water partition coefficient (Wildman–Crippen LogP) is 2.14. The van der Waals surface area contributed by atoms with Crippen LogP contribution in [0.2, 0.25) is 5.02 Å². The average Bonchev–Trinajstić information content (AvgIpc) is 2.32. The molecule has 1 aromatic rings. The molecule has 100 valence electrons. The van der Waals surface area contributed by atoms with Crippen LogP contribution in [0.1, 0.15) is 13.8 Å². The van der Waals surface area contributed by atoms with Crippen LogP contribution in [0.25, 0.3) is 0 Å². The lowest BCUT2D eigenvalue weighted by Crippen LogP contribution is -2.51. The first kappa shape index (κ1) is 13.8. The number of benzene rings is 1. The topological polar surface area (TPSA) is 46.6 Å². The fraction of sp³-hybridized carbons (Fsp3) is 0.500. The molecule has 4 nitrogen and oxygen atoms in total. The van der Waals surface area contributed by atoms with Crippen LogP contribution in [0.3, 0.4) is 0 Å². The molecule has 6 heteroatoms. The van der Waals surface area contributed by atoms with Gasteiger partial charge in [0.15, 0.2) is 0 Å². The van der Waals surface area contributed by atoms with E-state index in [-0.39, 0.29) is 22.1 Å². The Labute approximate surface area is 113 Å². The Morgan fingerprint density at radius 1 is 1.33 bits per heavy atom. The molecule has 1 heterocycles. The van der Waals surface area contributed by atoms with E-state index in [2.05, 4.69) is 0 Å². The molecule has 0 radical (unpaired) electrons. The van der Waals surface area contributed by atoms with Crippen molar-refractivity contribution in [3.05, 3.63) is 29.3 Å². The molecule has 0 aliphatic carbocycles. The van der Waals surface area contributed by atoms with E-state index in [1.54, 1.807) is 18.2 Å². The molecular weight excluding hydrogens is 274 g/mol. The van der Waals surface area contributed by atoms with E-state index in [4.69, 9.17) is 16.3 Å². The second-order valence-corrected chi connectivity index (χ2v) is 6.63. The molecule has 2 atom stereocenters. The number of sulfonamides is 1. The van der Waals surface area contributed by atoms with Crippen molar-refractivity contribution in [3.63, 3.8) is 0 Å². The zero-order valence-corrected chi connectivity index (χ0v) is 11.9. The fourth-order valence-corrected chi connectivity index (χ4v) is 4.19. The highest BCUT2D eigenvalue weighted by molar-refractivity contribution is 7.89. The third-order valence-corrected chi connectivity index (χ3v) is 5.74. The molecule has 0 spiro atoms. The number of ether oxygens (including phenoxy) is 1. The normalized spacial score (nSPS) is 26.2. The Kier molecular flexibility index (Phi) is 3.96. The van der Waals surface area contributed by atoms with Crippen LogP contribution in [0.4, 0.5) is 0 Å². The van der Waals surface area contributed by atoms with Gasteiger partial charge in [0.2, 0.25) is 10.0 Å². The van der Waals surface area contributed by atoms with Crippen molar-refractivity contribution < 1.29 is 13.2 Å². The van der Waals surface area contributed by atoms with Crippen LogP contribution >= 0.6 is 11.6 Å². The summed E-state index contributed by atoms with van der Waals surface area (Å²) in [4.78, 5) is 0.160. The van der Waals surface area contributed by atoms with Crippen molar-refractivity contribution >= 4 is 21.6 Å². The largest absolute Gasteiger partial charge is 0.375 e. The Balaban J connectivity index is 2.40. The molecule has 0 bridgehead atoms. The second kappa shape index (κ2) is 5.17. The van der Waals surface area contributed by atoms with Gasteiger partial charge < -0.3 is 4.74 Å². The monoisotopic (exact) mass is 289 g/mol. The van der Waals surface area contributed by atoms with E-state index in [0.29, 0.717) is 13.2 Å². The zero-order valence-electron chi connectivity index (χ0n) is 10.3. The lowest BCUT2D eigenvalue weighted by Gasteiger charge is -2.36.